The number of aryl methyl sites for hydroxylation is 1. The van der Waals surface area contributed by atoms with Crippen molar-refractivity contribution in [3.8, 4) is 17.2 Å². The molecule has 2 aromatic rings. The van der Waals surface area contributed by atoms with Gasteiger partial charge in [-0.05, 0) is 76.3 Å². The van der Waals surface area contributed by atoms with Crippen molar-refractivity contribution in [2.75, 3.05) is 6.61 Å². The van der Waals surface area contributed by atoms with Gasteiger partial charge in [-0.2, -0.15) is 0 Å². The van der Waals surface area contributed by atoms with Crippen molar-refractivity contribution >= 4 is 18.9 Å². The van der Waals surface area contributed by atoms with Gasteiger partial charge in [0.15, 0.2) is 0 Å². The molecule has 160 valence electrons. The van der Waals surface area contributed by atoms with Crippen LogP contribution in [0.3, 0.4) is 0 Å². The summed E-state index contributed by atoms with van der Waals surface area (Å²) in [4.78, 5) is 11.8. The van der Waals surface area contributed by atoms with E-state index in [1.54, 1.807) is 0 Å². The summed E-state index contributed by atoms with van der Waals surface area (Å²) in [7, 11) is -0.638. The van der Waals surface area contributed by atoms with Gasteiger partial charge < -0.3 is 18.8 Å². The first-order valence-electron chi connectivity index (χ1n) is 10.5. The van der Waals surface area contributed by atoms with Crippen LogP contribution >= 0.6 is 0 Å². The molecule has 0 spiro atoms. The molecule has 0 radical (unpaired) electrons. The molecule has 30 heavy (non-hydrogen) atoms. The van der Waals surface area contributed by atoms with Crippen LogP contribution in [0.1, 0.15) is 63.4 Å². The molecule has 1 aliphatic heterocycles. The van der Waals surface area contributed by atoms with E-state index in [0.717, 1.165) is 30.4 Å². The quantitative estimate of drug-likeness (QED) is 0.345. The third-order valence-corrected chi connectivity index (χ3v) is 5.83. The number of unbranched alkanes of at least 4 members (excludes halogenated alkanes) is 1. The zero-order valence-corrected chi connectivity index (χ0v) is 18.8. The minimum absolute atomic E-state index is 0.493. The smallest absolute Gasteiger partial charge is 0.493 e. The van der Waals surface area contributed by atoms with Crippen LogP contribution in [0.4, 0.5) is 0 Å². The lowest BCUT2D eigenvalue weighted by Gasteiger charge is -2.32. The van der Waals surface area contributed by atoms with E-state index in [-0.39, 0.29) is 0 Å². The number of carbonyl (C=O) groups is 1. The third-order valence-electron chi connectivity index (χ3n) is 5.83. The summed E-state index contributed by atoms with van der Waals surface area (Å²) < 4.78 is 24.2. The number of hydrogen-bond donors (Lipinski definition) is 0. The molecule has 0 N–H and O–H groups in total. The predicted octanol–water partition coefficient (Wildman–Crippen LogP) is 5.08. The highest BCUT2D eigenvalue weighted by molar-refractivity contribution is 6.63. The Hall–Kier alpha value is -2.31. The first-order chi connectivity index (χ1) is 14.2. The number of aldehydes is 1. The summed E-state index contributed by atoms with van der Waals surface area (Å²) in [6.45, 7) is 12.7. The maximum absolute atomic E-state index is 11.8. The van der Waals surface area contributed by atoms with Crippen molar-refractivity contribution < 1.29 is 23.6 Å². The summed E-state index contributed by atoms with van der Waals surface area (Å²) in [6, 6.07) is 11.2. The Kier molecular flexibility index (Phi) is 6.58. The van der Waals surface area contributed by atoms with Crippen LogP contribution in [-0.2, 0) is 9.31 Å². The molecule has 0 atom stereocenters. The largest absolute Gasteiger partial charge is 0.495 e. The first-order valence-corrected chi connectivity index (χ1v) is 10.5. The van der Waals surface area contributed by atoms with Crippen molar-refractivity contribution in [3.63, 3.8) is 0 Å². The van der Waals surface area contributed by atoms with Gasteiger partial charge in [-0.3, -0.25) is 4.79 Å². The topological polar surface area (TPSA) is 54.0 Å². The highest BCUT2D eigenvalue weighted by atomic mass is 16.7. The second-order valence-electron chi connectivity index (χ2n) is 8.73. The van der Waals surface area contributed by atoms with Crippen LogP contribution < -0.4 is 14.9 Å². The number of benzene rings is 2. The van der Waals surface area contributed by atoms with Crippen molar-refractivity contribution in [3.05, 3.63) is 47.5 Å². The van der Waals surface area contributed by atoms with Gasteiger partial charge in [0.1, 0.15) is 23.5 Å². The maximum atomic E-state index is 11.8. The minimum atomic E-state index is -0.638. The van der Waals surface area contributed by atoms with Crippen molar-refractivity contribution in [2.45, 2.75) is 65.6 Å². The lowest BCUT2D eigenvalue weighted by Crippen LogP contribution is -2.41. The van der Waals surface area contributed by atoms with Crippen LogP contribution in [0.15, 0.2) is 36.4 Å². The Balaban J connectivity index is 1.87. The van der Waals surface area contributed by atoms with E-state index in [0.29, 0.717) is 29.1 Å². The van der Waals surface area contributed by atoms with E-state index in [1.807, 2.05) is 71.0 Å². The maximum Gasteiger partial charge on any atom is 0.495 e. The molecule has 0 aliphatic carbocycles. The van der Waals surface area contributed by atoms with Gasteiger partial charge in [-0.25, -0.2) is 0 Å². The van der Waals surface area contributed by atoms with Crippen molar-refractivity contribution in [1.29, 1.82) is 0 Å². The molecule has 0 saturated carbocycles. The van der Waals surface area contributed by atoms with Crippen LogP contribution in [0.5, 0.6) is 17.2 Å². The Morgan fingerprint density at radius 1 is 1.00 bits per heavy atom. The van der Waals surface area contributed by atoms with E-state index in [9.17, 15) is 4.79 Å². The molecular formula is C24H31BO5. The molecule has 0 bridgehead atoms. The summed E-state index contributed by atoms with van der Waals surface area (Å²) in [5, 5.41) is 0. The molecule has 6 heteroatoms. The van der Waals surface area contributed by atoms with Gasteiger partial charge in [0.05, 0.1) is 17.8 Å². The van der Waals surface area contributed by atoms with Crippen LogP contribution in [0.2, 0.25) is 0 Å². The van der Waals surface area contributed by atoms with E-state index < -0.39 is 18.3 Å². The van der Waals surface area contributed by atoms with Crippen LogP contribution in [0.25, 0.3) is 0 Å². The Morgan fingerprint density at radius 3 is 2.30 bits per heavy atom. The van der Waals surface area contributed by atoms with E-state index in [4.69, 9.17) is 18.8 Å². The zero-order valence-electron chi connectivity index (χ0n) is 18.8. The summed E-state index contributed by atoms with van der Waals surface area (Å²) in [6.07, 6.45) is 2.94. The van der Waals surface area contributed by atoms with Gasteiger partial charge >= 0.3 is 7.12 Å². The van der Waals surface area contributed by atoms with E-state index in [1.165, 1.54) is 0 Å². The lowest BCUT2D eigenvalue weighted by atomic mass is 9.75. The van der Waals surface area contributed by atoms with Crippen LogP contribution in [0, 0.1) is 6.92 Å². The fourth-order valence-corrected chi connectivity index (χ4v) is 3.27. The number of rotatable bonds is 8. The molecule has 1 aliphatic rings. The normalized spacial score (nSPS) is 17.1. The SMILES string of the molecule is CCCCOc1cccc(Oc2cc(C)c(C=O)c(B3OC(C)(C)C(C)(C)O3)c2)c1. The Morgan fingerprint density at radius 2 is 1.67 bits per heavy atom. The van der Waals surface area contributed by atoms with Gasteiger partial charge in [0.2, 0.25) is 0 Å². The van der Waals surface area contributed by atoms with Gasteiger partial charge in [-0.15, -0.1) is 0 Å². The Bertz CT molecular complexity index is 890. The second kappa shape index (κ2) is 8.82. The zero-order chi connectivity index (χ0) is 21.9. The number of hydrogen-bond acceptors (Lipinski definition) is 5. The van der Waals surface area contributed by atoms with Gasteiger partial charge in [0.25, 0.3) is 0 Å². The molecule has 0 aromatic heterocycles. The number of carbonyl (C=O) groups excluding carboxylic acids is 1. The molecule has 1 heterocycles. The van der Waals surface area contributed by atoms with E-state index in [2.05, 4.69) is 6.92 Å². The molecular weight excluding hydrogens is 379 g/mol. The fourth-order valence-electron chi connectivity index (χ4n) is 3.27. The third kappa shape index (κ3) is 4.71. The van der Waals surface area contributed by atoms with Gasteiger partial charge in [0, 0.05) is 11.6 Å². The predicted molar refractivity (Wildman–Crippen MR) is 119 cm³/mol. The van der Waals surface area contributed by atoms with E-state index >= 15 is 0 Å². The van der Waals surface area contributed by atoms with Crippen LogP contribution in [-0.4, -0.2) is 31.2 Å². The lowest BCUT2D eigenvalue weighted by molar-refractivity contribution is 0.00578. The second-order valence-corrected chi connectivity index (χ2v) is 8.73. The highest BCUT2D eigenvalue weighted by Crippen LogP contribution is 2.37. The standard InChI is InChI=1S/C24H31BO5/c1-7-8-12-27-18-10-9-11-19(14-18)28-20-13-17(2)21(16-26)22(15-20)25-29-23(3,4)24(5,6)30-25/h9-11,13-16H,7-8,12H2,1-6H3. The van der Waals surface area contributed by atoms with Gasteiger partial charge in [-0.1, -0.05) is 19.4 Å². The molecule has 1 fully saturated rings. The highest BCUT2D eigenvalue weighted by Gasteiger charge is 2.52. The summed E-state index contributed by atoms with van der Waals surface area (Å²) in [5.41, 5.74) is 1.06. The monoisotopic (exact) mass is 410 g/mol. The molecule has 0 amide bonds. The fraction of sp³-hybridized carbons (Fsp3) is 0.458. The summed E-state index contributed by atoms with van der Waals surface area (Å²) in [5.74, 6) is 2.06. The molecule has 2 aromatic carbocycles. The summed E-state index contributed by atoms with van der Waals surface area (Å²) >= 11 is 0. The minimum Gasteiger partial charge on any atom is -0.493 e. The van der Waals surface area contributed by atoms with Crippen molar-refractivity contribution in [2.24, 2.45) is 0 Å². The average molecular weight is 410 g/mol. The number of ether oxygens (including phenoxy) is 2. The Labute approximate surface area is 179 Å². The molecule has 0 unspecified atom stereocenters. The molecule has 1 saturated heterocycles. The average Bonchev–Trinajstić information content (AvgIpc) is 2.89. The molecule has 5 nitrogen and oxygen atoms in total. The first kappa shape index (κ1) is 22.4. The molecule has 3 rings (SSSR count). The van der Waals surface area contributed by atoms with Crippen molar-refractivity contribution in [1.82, 2.24) is 0 Å².